The fraction of sp³-hybridized carbons (Fsp3) is 0.769. The molecule has 4 nitrogen and oxygen atoms in total. The molecule has 0 saturated heterocycles. The van der Waals surface area contributed by atoms with Gasteiger partial charge in [-0.05, 0) is 18.9 Å². The third kappa shape index (κ3) is 2.32. The maximum atomic E-state index is 5.91. The van der Waals surface area contributed by atoms with Gasteiger partial charge >= 0.3 is 0 Å². The number of aromatic nitrogens is 2. The number of hydrogen-bond acceptors (Lipinski definition) is 3. The van der Waals surface area contributed by atoms with Crippen LogP contribution in [-0.2, 0) is 12.0 Å². The van der Waals surface area contributed by atoms with Crippen LogP contribution in [0.15, 0.2) is 6.20 Å². The molecular formula is C13H23N3O. The molecule has 0 aromatic carbocycles. The lowest BCUT2D eigenvalue weighted by Crippen LogP contribution is -2.33. The van der Waals surface area contributed by atoms with Crippen molar-refractivity contribution in [1.82, 2.24) is 15.1 Å². The zero-order valence-corrected chi connectivity index (χ0v) is 11.3. The van der Waals surface area contributed by atoms with Crippen LogP contribution in [0.3, 0.4) is 0 Å². The lowest BCUT2D eigenvalue weighted by Gasteiger charge is -2.28. The lowest BCUT2D eigenvalue weighted by molar-refractivity contribution is 0.160. The largest absolute Gasteiger partial charge is 0.477 e. The fourth-order valence-corrected chi connectivity index (χ4v) is 2.22. The van der Waals surface area contributed by atoms with E-state index in [1.54, 1.807) is 0 Å². The van der Waals surface area contributed by atoms with Crippen molar-refractivity contribution in [2.75, 3.05) is 20.2 Å². The van der Waals surface area contributed by atoms with E-state index >= 15 is 0 Å². The van der Waals surface area contributed by atoms with Gasteiger partial charge in [0.05, 0.1) is 19.3 Å². The van der Waals surface area contributed by atoms with Crippen molar-refractivity contribution in [2.24, 2.45) is 5.92 Å². The Morgan fingerprint density at radius 3 is 3.00 bits per heavy atom. The number of fused-ring (bicyclic) bond motifs is 1. The third-order valence-corrected chi connectivity index (χ3v) is 3.78. The Hall–Kier alpha value is -1.03. The Balaban J connectivity index is 2.21. The van der Waals surface area contributed by atoms with Crippen LogP contribution in [0.25, 0.3) is 0 Å². The summed E-state index contributed by atoms with van der Waals surface area (Å²) in [5, 5.41) is 7.66. The highest BCUT2D eigenvalue weighted by molar-refractivity contribution is 5.32. The van der Waals surface area contributed by atoms with Gasteiger partial charge in [-0.15, -0.1) is 0 Å². The van der Waals surface area contributed by atoms with Gasteiger partial charge in [0.25, 0.3) is 0 Å². The Labute approximate surface area is 103 Å². The summed E-state index contributed by atoms with van der Waals surface area (Å²) in [6, 6.07) is 0. The SMILES string of the molecule is CCC(C)(C)c1cnn2c1OCC(CNC)C2. The van der Waals surface area contributed by atoms with Crippen LogP contribution in [-0.4, -0.2) is 30.0 Å². The Kier molecular flexibility index (Phi) is 3.43. The maximum absolute atomic E-state index is 5.91. The van der Waals surface area contributed by atoms with Gasteiger partial charge in [-0.3, -0.25) is 0 Å². The second-order valence-electron chi connectivity index (χ2n) is 5.52. The molecule has 2 heterocycles. The topological polar surface area (TPSA) is 39.1 Å². The first-order valence-corrected chi connectivity index (χ1v) is 6.42. The molecule has 17 heavy (non-hydrogen) atoms. The van der Waals surface area contributed by atoms with Gasteiger partial charge in [0.2, 0.25) is 5.88 Å². The summed E-state index contributed by atoms with van der Waals surface area (Å²) in [6.45, 7) is 9.42. The zero-order valence-electron chi connectivity index (χ0n) is 11.3. The van der Waals surface area contributed by atoms with Crippen molar-refractivity contribution in [1.29, 1.82) is 0 Å². The van der Waals surface area contributed by atoms with Gasteiger partial charge in [0.1, 0.15) is 0 Å². The molecule has 2 rings (SSSR count). The van der Waals surface area contributed by atoms with Crippen LogP contribution >= 0.6 is 0 Å². The molecule has 1 N–H and O–H groups in total. The van der Waals surface area contributed by atoms with E-state index in [-0.39, 0.29) is 5.41 Å². The van der Waals surface area contributed by atoms with Gasteiger partial charge in [-0.2, -0.15) is 5.10 Å². The van der Waals surface area contributed by atoms with Gasteiger partial charge < -0.3 is 10.1 Å². The molecule has 0 radical (unpaired) electrons. The van der Waals surface area contributed by atoms with E-state index in [2.05, 4.69) is 31.2 Å². The predicted octanol–water partition coefficient (Wildman–Crippen LogP) is 1.80. The summed E-state index contributed by atoms with van der Waals surface area (Å²) in [5.41, 5.74) is 1.38. The molecule has 0 bridgehead atoms. The van der Waals surface area contributed by atoms with Crippen molar-refractivity contribution in [3.05, 3.63) is 11.8 Å². The highest BCUT2D eigenvalue weighted by atomic mass is 16.5. The van der Waals surface area contributed by atoms with Crippen molar-refractivity contribution < 1.29 is 4.74 Å². The second kappa shape index (κ2) is 4.69. The Bertz CT molecular complexity index is 384. The predicted molar refractivity (Wildman–Crippen MR) is 68.5 cm³/mol. The molecule has 0 amide bonds. The normalized spacial score (nSPS) is 19.9. The first kappa shape index (κ1) is 12.4. The molecule has 1 aliphatic heterocycles. The molecule has 1 unspecified atom stereocenters. The molecule has 1 aliphatic rings. The van der Waals surface area contributed by atoms with Gasteiger partial charge in [0, 0.05) is 18.0 Å². The minimum Gasteiger partial charge on any atom is -0.477 e. The van der Waals surface area contributed by atoms with Crippen molar-refractivity contribution >= 4 is 0 Å². The first-order valence-electron chi connectivity index (χ1n) is 6.42. The Morgan fingerprint density at radius 1 is 1.59 bits per heavy atom. The van der Waals surface area contributed by atoms with Crippen LogP contribution < -0.4 is 10.1 Å². The van der Waals surface area contributed by atoms with E-state index in [0.29, 0.717) is 5.92 Å². The highest BCUT2D eigenvalue weighted by Crippen LogP contribution is 2.35. The van der Waals surface area contributed by atoms with E-state index in [1.807, 2.05) is 17.9 Å². The highest BCUT2D eigenvalue weighted by Gasteiger charge is 2.30. The maximum Gasteiger partial charge on any atom is 0.215 e. The molecule has 0 saturated carbocycles. The number of nitrogens with one attached hydrogen (secondary N) is 1. The van der Waals surface area contributed by atoms with E-state index < -0.39 is 0 Å². The summed E-state index contributed by atoms with van der Waals surface area (Å²) in [4.78, 5) is 0. The molecule has 1 aromatic heterocycles. The average Bonchev–Trinajstić information content (AvgIpc) is 2.73. The van der Waals surface area contributed by atoms with E-state index in [1.165, 1.54) is 5.56 Å². The van der Waals surface area contributed by atoms with Crippen LogP contribution in [0.2, 0.25) is 0 Å². The summed E-state index contributed by atoms with van der Waals surface area (Å²) >= 11 is 0. The van der Waals surface area contributed by atoms with E-state index in [0.717, 1.165) is 32.0 Å². The molecule has 1 atom stereocenters. The van der Waals surface area contributed by atoms with Crippen molar-refractivity contribution in [2.45, 2.75) is 39.2 Å². The quantitative estimate of drug-likeness (QED) is 0.868. The van der Waals surface area contributed by atoms with E-state index in [4.69, 9.17) is 4.74 Å². The molecular weight excluding hydrogens is 214 g/mol. The number of ether oxygens (including phenoxy) is 1. The Morgan fingerprint density at radius 2 is 2.35 bits per heavy atom. The van der Waals surface area contributed by atoms with Crippen LogP contribution in [0.4, 0.5) is 0 Å². The van der Waals surface area contributed by atoms with Gasteiger partial charge in [0.15, 0.2) is 0 Å². The summed E-state index contributed by atoms with van der Waals surface area (Å²) < 4.78 is 7.92. The molecule has 1 aromatic rings. The molecule has 0 aliphatic carbocycles. The number of hydrogen-bond donors (Lipinski definition) is 1. The average molecular weight is 237 g/mol. The number of rotatable bonds is 4. The molecule has 4 heteroatoms. The summed E-state index contributed by atoms with van der Waals surface area (Å²) in [6.07, 6.45) is 3.07. The summed E-state index contributed by atoms with van der Waals surface area (Å²) in [7, 11) is 1.98. The third-order valence-electron chi connectivity index (χ3n) is 3.78. The van der Waals surface area contributed by atoms with Crippen LogP contribution in [0.5, 0.6) is 5.88 Å². The zero-order chi connectivity index (χ0) is 12.5. The minimum absolute atomic E-state index is 0.142. The van der Waals surface area contributed by atoms with Gasteiger partial charge in [-0.1, -0.05) is 20.8 Å². The van der Waals surface area contributed by atoms with E-state index in [9.17, 15) is 0 Å². The number of nitrogens with zero attached hydrogens (tertiary/aromatic N) is 2. The molecule has 96 valence electrons. The van der Waals surface area contributed by atoms with Crippen LogP contribution in [0.1, 0.15) is 32.8 Å². The smallest absolute Gasteiger partial charge is 0.215 e. The second-order valence-corrected chi connectivity index (χ2v) is 5.52. The molecule has 0 fully saturated rings. The van der Waals surface area contributed by atoms with Gasteiger partial charge in [-0.25, -0.2) is 4.68 Å². The standard InChI is InChI=1S/C13H23N3O/c1-5-13(2,3)11-7-15-16-8-10(6-14-4)9-17-12(11)16/h7,10,14H,5-6,8-9H2,1-4H3. The lowest BCUT2D eigenvalue weighted by atomic mass is 9.84. The van der Waals surface area contributed by atoms with Crippen molar-refractivity contribution in [3.63, 3.8) is 0 Å². The molecule has 0 spiro atoms. The summed E-state index contributed by atoms with van der Waals surface area (Å²) in [5.74, 6) is 1.49. The first-order chi connectivity index (χ1) is 8.08. The minimum atomic E-state index is 0.142. The van der Waals surface area contributed by atoms with Crippen molar-refractivity contribution in [3.8, 4) is 5.88 Å². The monoisotopic (exact) mass is 237 g/mol. The van der Waals surface area contributed by atoms with Crippen LogP contribution in [0, 0.1) is 5.92 Å². The fourth-order valence-electron chi connectivity index (χ4n) is 2.22.